The third-order valence-corrected chi connectivity index (χ3v) is 8.84. The molecule has 0 unspecified atom stereocenters. The van der Waals surface area contributed by atoms with E-state index in [1.807, 2.05) is 6.07 Å². The molecule has 0 spiro atoms. The fraction of sp³-hybridized carbons (Fsp3) is 0.682. The second kappa shape index (κ2) is 8.26. The molecule has 2 saturated heterocycles. The fourth-order valence-electron chi connectivity index (χ4n) is 4.08. The first-order chi connectivity index (χ1) is 13.6. The van der Waals surface area contributed by atoms with E-state index in [-0.39, 0.29) is 11.0 Å². The van der Waals surface area contributed by atoms with Crippen molar-refractivity contribution in [2.45, 2.75) is 57.9 Å². The van der Waals surface area contributed by atoms with Crippen LogP contribution in [0, 0.1) is 11.3 Å². The molecule has 29 heavy (non-hydrogen) atoms. The highest BCUT2D eigenvalue weighted by molar-refractivity contribution is 7.89. The molecule has 7 heteroatoms. The van der Waals surface area contributed by atoms with Gasteiger partial charge in [-0.3, -0.25) is 4.99 Å². The van der Waals surface area contributed by atoms with E-state index in [2.05, 4.69) is 44.8 Å². The Morgan fingerprint density at radius 1 is 1.14 bits per heavy atom. The summed E-state index contributed by atoms with van der Waals surface area (Å²) in [5.74, 6) is 1.40. The van der Waals surface area contributed by atoms with E-state index >= 15 is 0 Å². The Balaban J connectivity index is 1.60. The van der Waals surface area contributed by atoms with Gasteiger partial charge in [0.05, 0.1) is 4.90 Å². The summed E-state index contributed by atoms with van der Waals surface area (Å²) < 4.78 is 27.2. The highest BCUT2D eigenvalue weighted by atomic mass is 32.2. The topological polar surface area (TPSA) is 65.0 Å². The molecular formula is C22H36N4O2S. The van der Waals surface area contributed by atoms with Gasteiger partial charge in [-0.1, -0.05) is 32.0 Å². The van der Waals surface area contributed by atoms with Crippen molar-refractivity contribution in [2.24, 2.45) is 16.3 Å². The van der Waals surface area contributed by atoms with E-state index in [4.69, 9.17) is 4.99 Å². The van der Waals surface area contributed by atoms with Crippen LogP contribution in [0.15, 0.2) is 40.2 Å². The Morgan fingerprint density at radius 3 is 2.28 bits per heavy atom. The number of nitrogens with zero attached hydrogens (tertiary/aromatic N) is 3. The molecule has 6 nitrogen and oxygen atoms in total. The average Bonchev–Trinajstić information content (AvgIpc) is 2.70. The summed E-state index contributed by atoms with van der Waals surface area (Å²) >= 11 is 0. The molecule has 3 rings (SSSR count). The summed E-state index contributed by atoms with van der Waals surface area (Å²) in [4.78, 5) is 7.68. The fourth-order valence-corrected chi connectivity index (χ4v) is 5.57. The second-order valence-electron chi connectivity index (χ2n) is 9.38. The Kier molecular flexibility index (Phi) is 6.30. The number of sulfonamides is 1. The zero-order valence-electron chi connectivity index (χ0n) is 18.5. The van der Waals surface area contributed by atoms with Crippen LogP contribution in [0.5, 0.6) is 0 Å². The molecule has 0 saturated carbocycles. The smallest absolute Gasteiger partial charge is 0.243 e. The first-order valence-electron chi connectivity index (χ1n) is 10.7. The molecule has 0 aliphatic carbocycles. The zero-order valence-corrected chi connectivity index (χ0v) is 19.3. The first-order valence-corrected chi connectivity index (χ1v) is 12.1. The van der Waals surface area contributed by atoms with Gasteiger partial charge in [-0.2, -0.15) is 4.31 Å². The number of nitrogens with one attached hydrogen (secondary N) is 1. The molecule has 2 aliphatic heterocycles. The van der Waals surface area contributed by atoms with Gasteiger partial charge in [0.2, 0.25) is 10.0 Å². The standard InChI is InChI=1S/C22H36N4O2S/c1-6-23-20(26-17-21(2,3)22(26,4)5)24-16-18-12-14-25(15-13-18)29(27,28)19-10-8-7-9-11-19/h7-11,18H,6,12-17H2,1-5H3,(H,23,24). The molecule has 2 heterocycles. The van der Waals surface area contributed by atoms with Gasteiger partial charge in [0, 0.05) is 43.7 Å². The molecule has 0 radical (unpaired) electrons. The van der Waals surface area contributed by atoms with Crippen molar-refractivity contribution in [3.05, 3.63) is 30.3 Å². The van der Waals surface area contributed by atoms with Crippen LogP contribution in [0.25, 0.3) is 0 Å². The molecule has 0 bridgehead atoms. The lowest BCUT2D eigenvalue weighted by molar-refractivity contribution is -0.0668. The van der Waals surface area contributed by atoms with Crippen LogP contribution < -0.4 is 5.32 Å². The van der Waals surface area contributed by atoms with Gasteiger partial charge in [-0.05, 0) is 51.7 Å². The highest BCUT2D eigenvalue weighted by Crippen LogP contribution is 2.46. The van der Waals surface area contributed by atoms with Gasteiger partial charge in [-0.15, -0.1) is 0 Å². The maximum absolute atomic E-state index is 12.8. The monoisotopic (exact) mass is 420 g/mol. The van der Waals surface area contributed by atoms with Crippen molar-refractivity contribution < 1.29 is 8.42 Å². The normalized spacial score (nSPS) is 22.9. The van der Waals surface area contributed by atoms with Crippen molar-refractivity contribution in [1.82, 2.24) is 14.5 Å². The van der Waals surface area contributed by atoms with Gasteiger partial charge in [0.15, 0.2) is 5.96 Å². The summed E-state index contributed by atoms with van der Waals surface area (Å²) in [6.45, 7) is 15.0. The molecule has 1 aromatic rings. The SMILES string of the molecule is CCNC(=NCC1CCN(S(=O)(=O)c2ccccc2)CC1)N1CC(C)(C)C1(C)C. The van der Waals surface area contributed by atoms with Gasteiger partial charge in [0.25, 0.3) is 0 Å². The number of hydrogen-bond acceptors (Lipinski definition) is 3. The molecule has 0 atom stereocenters. The highest BCUT2D eigenvalue weighted by Gasteiger charge is 2.53. The Labute approximate surface area is 176 Å². The van der Waals surface area contributed by atoms with E-state index in [9.17, 15) is 8.42 Å². The minimum Gasteiger partial charge on any atom is -0.356 e. The van der Waals surface area contributed by atoms with E-state index in [1.54, 1.807) is 28.6 Å². The predicted molar refractivity (Wildman–Crippen MR) is 118 cm³/mol. The van der Waals surface area contributed by atoms with E-state index in [0.29, 0.717) is 23.9 Å². The summed E-state index contributed by atoms with van der Waals surface area (Å²) in [7, 11) is -3.39. The van der Waals surface area contributed by atoms with Crippen LogP contribution in [-0.2, 0) is 10.0 Å². The third kappa shape index (κ3) is 4.31. The number of piperidine rings is 1. The van der Waals surface area contributed by atoms with Crippen molar-refractivity contribution in [2.75, 3.05) is 32.7 Å². The number of rotatable bonds is 5. The molecule has 1 N–H and O–H groups in total. The van der Waals surface area contributed by atoms with Crippen molar-refractivity contribution >= 4 is 16.0 Å². The summed E-state index contributed by atoms with van der Waals surface area (Å²) in [6.07, 6.45) is 1.70. The van der Waals surface area contributed by atoms with Gasteiger partial charge < -0.3 is 10.2 Å². The molecule has 0 aromatic heterocycles. The second-order valence-corrected chi connectivity index (χ2v) is 11.3. The molecule has 1 aromatic carbocycles. The minimum atomic E-state index is -3.39. The average molecular weight is 421 g/mol. The summed E-state index contributed by atoms with van der Waals surface area (Å²) in [5.41, 5.74) is 0.335. The van der Waals surface area contributed by atoms with Crippen LogP contribution in [0.2, 0.25) is 0 Å². The minimum absolute atomic E-state index is 0.0706. The van der Waals surface area contributed by atoms with Crippen molar-refractivity contribution in [3.63, 3.8) is 0 Å². The molecule has 162 valence electrons. The van der Waals surface area contributed by atoms with Gasteiger partial charge in [0.1, 0.15) is 0 Å². The van der Waals surface area contributed by atoms with Crippen molar-refractivity contribution in [1.29, 1.82) is 0 Å². The maximum Gasteiger partial charge on any atom is 0.243 e. The molecule has 0 amide bonds. The number of likely N-dealkylation sites (tertiary alicyclic amines) is 1. The van der Waals surface area contributed by atoms with Gasteiger partial charge in [-0.25, -0.2) is 8.42 Å². The number of hydrogen-bond donors (Lipinski definition) is 1. The first kappa shape index (κ1) is 22.1. The predicted octanol–water partition coefficient (Wildman–Crippen LogP) is 3.17. The summed E-state index contributed by atoms with van der Waals surface area (Å²) in [6, 6.07) is 8.73. The van der Waals surface area contributed by atoms with Crippen LogP contribution in [0.4, 0.5) is 0 Å². The molecule has 2 aliphatic rings. The lowest BCUT2D eigenvalue weighted by Crippen LogP contribution is -2.72. The van der Waals surface area contributed by atoms with Crippen LogP contribution >= 0.6 is 0 Å². The lowest BCUT2D eigenvalue weighted by atomic mass is 9.65. The zero-order chi connectivity index (χ0) is 21.3. The van der Waals surface area contributed by atoms with Crippen molar-refractivity contribution in [3.8, 4) is 0 Å². The number of guanidine groups is 1. The largest absolute Gasteiger partial charge is 0.356 e. The molecule has 2 fully saturated rings. The van der Waals surface area contributed by atoms with Gasteiger partial charge >= 0.3 is 0 Å². The van der Waals surface area contributed by atoms with Crippen LogP contribution in [0.3, 0.4) is 0 Å². The van der Waals surface area contributed by atoms with Crippen LogP contribution in [-0.4, -0.2) is 61.8 Å². The third-order valence-electron chi connectivity index (χ3n) is 6.93. The molecular weight excluding hydrogens is 384 g/mol. The maximum atomic E-state index is 12.8. The Morgan fingerprint density at radius 2 is 1.76 bits per heavy atom. The quantitative estimate of drug-likeness (QED) is 0.587. The van der Waals surface area contributed by atoms with Crippen LogP contribution in [0.1, 0.15) is 47.5 Å². The lowest BCUT2D eigenvalue weighted by Gasteiger charge is -2.62. The number of benzene rings is 1. The van der Waals surface area contributed by atoms with E-state index in [0.717, 1.165) is 38.4 Å². The van der Waals surface area contributed by atoms with E-state index < -0.39 is 10.0 Å². The Hall–Kier alpha value is -1.60. The summed E-state index contributed by atoms with van der Waals surface area (Å²) in [5, 5.41) is 3.44. The van der Waals surface area contributed by atoms with E-state index in [1.165, 1.54) is 0 Å². The Bertz CT molecular complexity index is 826. The number of aliphatic imine (C=N–C) groups is 1.